The molecule has 1 aliphatic heterocycles. The molecule has 1 unspecified atom stereocenters. The van der Waals surface area contributed by atoms with Gasteiger partial charge in [-0.3, -0.25) is 4.79 Å². The molecule has 0 aromatic rings. The van der Waals surface area contributed by atoms with Crippen molar-refractivity contribution in [2.75, 3.05) is 18.4 Å². The summed E-state index contributed by atoms with van der Waals surface area (Å²) < 4.78 is 43.3. The van der Waals surface area contributed by atoms with Crippen LogP contribution in [0.4, 0.5) is 18.0 Å². The van der Waals surface area contributed by atoms with E-state index in [1.165, 1.54) is 4.90 Å². The number of halogens is 4. The molecule has 1 aliphatic rings. The highest BCUT2D eigenvalue weighted by Crippen LogP contribution is 2.25. The summed E-state index contributed by atoms with van der Waals surface area (Å²) in [5.41, 5.74) is -0.857. The van der Waals surface area contributed by atoms with Crippen molar-refractivity contribution in [1.29, 1.82) is 0 Å². The van der Waals surface area contributed by atoms with Crippen molar-refractivity contribution >= 4 is 27.9 Å². The van der Waals surface area contributed by atoms with Crippen molar-refractivity contribution in [2.45, 2.75) is 57.9 Å². The molecule has 9 heteroatoms. The van der Waals surface area contributed by atoms with Crippen LogP contribution < -0.4 is 5.32 Å². The predicted octanol–water partition coefficient (Wildman–Crippen LogP) is 3.47. The first-order chi connectivity index (χ1) is 10.9. The summed E-state index contributed by atoms with van der Waals surface area (Å²) in [6.07, 6.45) is -5.56. The predicted molar refractivity (Wildman–Crippen MR) is 86.9 cm³/mol. The second kappa shape index (κ2) is 8.40. The van der Waals surface area contributed by atoms with Gasteiger partial charge < -0.3 is 15.0 Å². The molecule has 1 saturated heterocycles. The number of alkyl halides is 4. The van der Waals surface area contributed by atoms with Crippen LogP contribution in [-0.4, -0.2) is 53.1 Å². The van der Waals surface area contributed by atoms with Crippen LogP contribution in [0.2, 0.25) is 0 Å². The molecule has 0 aromatic heterocycles. The first-order valence-electron chi connectivity index (χ1n) is 7.82. The van der Waals surface area contributed by atoms with Crippen molar-refractivity contribution in [1.82, 2.24) is 10.2 Å². The molecule has 1 heterocycles. The van der Waals surface area contributed by atoms with Crippen molar-refractivity contribution in [3.63, 3.8) is 0 Å². The minimum absolute atomic E-state index is 0.388. The summed E-state index contributed by atoms with van der Waals surface area (Å²) in [6, 6.07) is -1.67. The van der Waals surface area contributed by atoms with E-state index in [1.54, 1.807) is 20.8 Å². The zero-order chi connectivity index (χ0) is 18.5. The summed E-state index contributed by atoms with van der Waals surface area (Å²) in [5, 5.41) is 2.87. The molecule has 24 heavy (non-hydrogen) atoms. The van der Waals surface area contributed by atoms with Gasteiger partial charge in [-0.25, -0.2) is 4.79 Å². The van der Waals surface area contributed by atoms with Gasteiger partial charge in [0.15, 0.2) is 0 Å². The lowest BCUT2D eigenvalue weighted by Gasteiger charge is -2.34. The fourth-order valence-corrected chi connectivity index (χ4v) is 3.06. The maximum atomic E-state index is 12.8. The average Bonchev–Trinajstić information content (AvgIpc) is 2.42. The van der Waals surface area contributed by atoms with E-state index in [0.29, 0.717) is 19.0 Å². The Morgan fingerprint density at radius 2 is 1.79 bits per heavy atom. The number of amides is 2. The molecular weight excluding hydrogens is 393 g/mol. The van der Waals surface area contributed by atoms with Gasteiger partial charge in [0, 0.05) is 18.4 Å². The van der Waals surface area contributed by atoms with E-state index >= 15 is 0 Å². The minimum Gasteiger partial charge on any atom is -0.444 e. The van der Waals surface area contributed by atoms with E-state index < -0.39 is 36.2 Å². The number of piperidine rings is 1. The molecule has 0 aromatic carbocycles. The summed E-state index contributed by atoms with van der Waals surface area (Å²) in [6.45, 7) is 5.56. The SMILES string of the molecule is CC(C)(C)OC(=O)NC(CC(F)(F)F)C(=O)N1CCC(CBr)CC1. The van der Waals surface area contributed by atoms with Gasteiger partial charge in [-0.2, -0.15) is 13.2 Å². The van der Waals surface area contributed by atoms with Crippen LogP contribution in [0.1, 0.15) is 40.0 Å². The summed E-state index contributed by atoms with van der Waals surface area (Å²) in [5.74, 6) is -0.305. The lowest BCUT2D eigenvalue weighted by Crippen LogP contribution is -2.53. The molecule has 1 rings (SSSR count). The highest BCUT2D eigenvalue weighted by molar-refractivity contribution is 9.09. The third-order valence-electron chi connectivity index (χ3n) is 3.57. The number of hydrogen-bond donors (Lipinski definition) is 1. The van der Waals surface area contributed by atoms with E-state index in [4.69, 9.17) is 4.74 Å². The lowest BCUT2D eigenvalue weighted by molar-refractivity contribution is -0.155. The summed E-state index contributed by atoms with van der Waals surface area (Å²) >= 11 is 3.37. The fraction of sp³-hybridized carbons (Fsp3) is 0.867. The maximum Gasteiger partial charge on any atom is 0.408 e. The summed E-state index contributed by atoms with van der Waals surface area (Å²) in [7, 11) is 0. The van der Waals surface area contributed by atoms with Crippen LogP contribution in [0.5, 0.6) is 0 Å². The van der Waals surface area contributed by atoms with Crippen molar-refractivity contribution in [2.24, 2.45) is 5.92 Å². The Labute approximate surface area is 148 Å². The van der Waals surface area contributed by atoms with Crippen molar-refractivity contribution < 1.29 is 27.5 Å². The van der Waals surface area contributed by atoms with E-state index in [1.807, 2.05) is 0 Å². The molecule has 1 fully saturated rings. The van der Waals surface area contributed by atoms with E-state index in [9.17, 15) is 22.8 Å². The number of hydrogen-bond acceptors (Lipinski definition) is 3. The van der Waals surface area contributed by atoms with Gasteiger partial charge in [0.1, 0.15) is 11.6 Å². The van der Waals surface area contributed by atoms with E-state index in [0.717, 1.165) is 18.2 Å². The molecule has 1 N–H and O–H groups in total. The van der Waals surface area contributed by atoms with Gasteiger partial charge in [0.25, 0.3) is 0 Å². The van der Waals surface area contributed by atoms with Gasteiger partial charge >= 0.3 is 12.3 Å². The number of carbonyl (C=O) groups is 2. The number of rotatable bonds is 4. The van der Waals surface area contributed by atoms with Gasteiger partial charge in [-0.1, -0.05) is 15.9 Å². The molecule has 1 atom stereocenters. The Balaban J connectivity index is 2.74. The van der Waals surface area contributed by atoms with E-state index in [-0.39, 0.29) is 0 Å². The van der Waals surface area contributed by atoms with E-state index in [2.05, 4.69) is 21.2 Å². The lowest BCUT2D eigenvalue weighted by atomic mass is 9.98. The van der Waals surface area contributed by atoms with Crippen LogP contribution >= 0.6 is 15.9 Å². The Kier molecular flexibility index (Phi) is 7.37. The minimum atomic E-state index is -4.57. The largest absolute Gasteiger partial charge is 0.444 e. The number of nitrogens with zero attached hydrogens (tertiary/aromatic N) is 1. The molecule has 5 nitrogen and oxygen atoms in total. The Hall–Kier alpha value is -0.990. The molecule has 0 spiro atoms. The first-order valence-corrected chi connectivity index (χ1v) is 8.94. The highest BCUT2D eigenvalue weighted by Gasteiger charge is 2.39. The zero-order valence-corrected chi connectivity index (χ0v) is 15.7. The van der Waals surface area contributed by atoms with Crippen molar-refractivity contribution in [3.8, 4) is 0 Å². The Morgan fingerprint density at radius 1 is 1.25 bits per heavy atom. The van der Waals surface area contributed by atoms with Gasteiger partial charge in [0.05, 0.1) is 6.42 Å². The highest BCUT2D eigenvalue weighted by atomic mass is 79.9. The fourth-order valence-electron chi connectivity index (χ4n) is 2.41. The number of nitrogens with one attached hydrogen (secondary N) is 1. The smallest absolute Gasteiger partial charge is 0.408 e. The number of likely N-dealkylation sites (tertiary alicyclic amines) is 1. The third kappa shape index (κ3) is 7.72. The Morgan fingerprint density at radius 3 is 2.21 bits per heavy atom. The number of alkyl carbamates (subject to hydrolysis) is 1. The summed E-state index contributed by atoms with van der Waals surface area (Å²) in [4.78, 5) is 25.6. The molecule has 0 bridgehead atoms. The second-order valence-electron chi connectivity index (χ2n) is 6.94. The van der Waals surface area contributed by atoms with Crippen LogP contribution in [0, 0.1) is 5.92 Å². The molecule has 0 saturated carbocycles. The quantitative estimate of drug-likeness (QED) is 0.713. The average molecular weight is 417 g/mol. The van der Waals surface area contributed by atoms with Gasteiger partial charge in [-0.05, 0) is 39.5 Å². The van der Waals surface area contributed by atoms with Gasteiger partial charge in [-0.15, -0.1) is 0 Å². The standard InChI is InChI=1S/C15H24BrF3N2O3/c1-14(2,3)24-13(23)20-11(8-15(17,18)19)12(22)21-6-4-10(9-16)5-7-21/h10-11H,4-9H2,1-3H3,(H,20,23). The van der Waals surface area contributed by atoms with Crippen molar-refractivity contribution in [3.05, 3.63) is 0 Å². The van der Waals surface area contributed by atoms with Crippen LogP contribution in [-0.2, 0) is 9.53 Å². The first kappa shape index (κ1) is 21.1. The molecular formula is C15H24BrF3N2O3. The Bertz CT molecular complexity index is 444. The third-order valence-corrected chi connectivity index (χ3v) is 4.48. The van der Waals surface area contributed by atoms with Crippen LogP contribution in [0.15, 0.2) is 0 Å². The molecule has 0 aliphatic carbocycles. The number of ether oxygens (including phenoxy) is 1. The topological polar surface area (TPSA) is 58.6 Å². The monoisotopic (exact) mass is 416 g/mol. The maximum absolute atomic E-state index is 12.8. The van der Waals surface area contributed by atoms with Crippen LogP contribution in [0.3, 0.4) is 0 Å². The molecule has 0 radical (unpaired) electrons. The normalized spacial score (nSPS) is 18.2. The molecule has 140 valence electrons. The van der Waals surface area contributed by atoms with Gasteiger partial charge in [0.2, 0.25) is 5.91 Å². The zero-order valence-electron chi connectivity index (χ0n) is 14.1. The molecule has 2 amide bonds. The second-order valence-corrected chi connectivity index (χ2v) is 7.59. The van der Waals surface area contributed by atoms with Crippen LogP contribution in [0.25, 0.3) is 0 Å². The number of carbonyl (C=O) groups excluding carboxylic acids is 2.